The molecule has 1 spiro atoms. The van der Waals surface area contributed by atoms with Gasteiger partial charge in [0.25, 0.3) is 0 Å². The molecule has 0 aliphatic carbocycles. The minimum atomic E-state index is 0. The number of nitrogens with zero attached hydrogens (tertiary/aromatic N) is 2. The lowest BCUT2D eigenvalue weighted by molar-refractivity contribution is -0.133. The van der Waals surface area contributed by atoms with Crippen molar-refractivity contribution < 1.29 is 4.79 Å². The topological polar surface area (TPSA) is 45.2 Å². The van der Waals surface area contributed by atoms with Gasteiger partial charge in [0.05, 0.1) is 5.52 Å². The number of hydrogen-bond donors (Lipinski definition) is 1. The molecule has 4 rings (SSSR count). The molecule has 1 aromatic heterocycles. The Labute approximate surface area is 167 Å². The van der Waals surface area contributed by atoms with Crippen LogP contribution in [0.15, 0.2) is 36.5 Å². The van der Waals surface area contributed by atoms with Crippen molar-refractivity contribution in [2.75, 3.05) is 26.2 Å². The van der Waals surface area contributed by atoms with Crippen molar-refractivity contribution in [3.8, 4) is 0 Å². The number of pyridine rings is 1. The monoisotopic (exact) mass is 395 g/mol. The Hall–Kier alpha value is -1.36. The van der Waals surface area contributed by atoms with E-state index in [1.54, 1.807) is 0 Å². The minimum Gasteiger partial charge on any atom is -0.343 e. The van der Waals surface area contributed by atoms with Gasteiger partial charge >= 0.3 is 0 Å². The molecular weight excluding hydrogens is 369 g/mol. The van der Waals surface area contributed by atoms with E-state index >= 15 is 0 Å². The van der Waals surface area contributed by atoms with E-state index < -0.39 is 0 Å². The summed E-state index contributed by atoms with van der Waals surface area (Å²) in [4.78, 5) is 19.1. The smallest absolute Gasteiger partial charge is 0.222 e. The zero-order valence-corrected chi connectivity index (χ0v) is 16.6. The largest absolute Gasteiger partial charge is 0.343 e. The number of nitrogens with one attached hydrogen (secondary N) is 1. The van der Waals surface area contributed by atoms with Gasteiger partial charge < -0.3 is 10.2 Å². The number of carbonyl (C=O) groups is 1. The van der Waals surface area contributed by atoms with Crippen LogP contribution in [0, 0.1) is 5.41 Å². The van der Waals surface area contributed by atoms with Gasteiger partial charge in [-0.15, -0.1) is 24.8 Å². The van der Waals surface area contributed by atoms with Crippen LogP contribution in [-0.2, 0) is 11.2 Å². The molecule has 6 heteroatoms. The zero-order chi connectivity index (χ0) is 16.4. The van der Waals surface area contributed by atoms with Gasteiger partial charge in [-0.1, -0.05) is 18.2 Å². The van der Waals surface area contributed by atoms with Crippen molar-refractivity contribution in [1.82, 2.24) is 15.2 Å². The molecule has 0 radical (unpaired) electrons. The van der Waals surface area contributed by atoms with E-state index in [9.17, 15) is 4.79 Å². The van der Waals surface area contributed by atoms with Gasteiger partial charge in [-0.05, 0) is 55.3 Å². The molecule has 26 heavy (non-hydrogen) atoms. The highest BCUT2D eigenvalue weighted by Gasteiger charge is 2.37. The number of likely N-dealkylation sites (tertiary alicyclic amines) is 1. The Bertz CT molecular complexity index is 731. The molecule has 1 N–H and O–H groups in total. The fraction of sp³-hybridized carbons (Fsp3) is 0.500. The van der Waals surface area contributed by atoms with Gasteiger partial charge in [0.1, 0.15) is 0 Å². The van der Waals surface area contributed by atoms with Crippen molar-refractivity contribution in [2.24, 2.45) is 5.41 Å². The van der Waals surface area contributed by atoms with Crippen LogP contribution in [0.5, 0.6) is 0 Å². The van der Waals surface area contributed by atoms with E-state index in [-0.39, 0.29) is 24.8 Å². The first-order valence-electron chi connectivity index (χ1n) is 9.07. The number of hydrogen-bond acceptors (Lipinski definition) is 3. The summed E-state index contributed by atoms with van der Waals surface area (Å²) in [6.07, 6.45) is 6.83. The summed E-state index contributed by atoms with van der Waals surface area (Å²) in [5, 5.41) is 4.65. The minimum absolute atomic E-state index is 0. The second-order valence-corrected chi connectivity index (χ2v) is 7.29. The van der Waals surface area contributed by atoms with Gasteiger partial charge in [0.2, 0.25) is 5.91 Å². The summed E-state index contributed by atoms with van der Waals surface area (Å²) in [6, 6.07) is 10.2. The van der Waals surface area contributed by atoms with Crippen LogP contribution in [-0.4, -0.2) is 42.0 Å². The third-order valence-electron chi connectivity index (χ3n) is 5.86. The van der Waals surface area contributed by atoms with Crippen LogP contribution >= 0.6 is 24.8 Å². The van der Waals surface area contributed by atoms with E-state index in [1.165, 1.54) is 17.4 Å². The second kappa shape index (κ2) is 9.03. The number of piperidine rings is 1. The average molecular weight is 396 g/mol. The number of para-hydroxylation sites is 1. The number of benzene rings is 1. The fourth-order valence-corrected chi connectivity index (χ4v) is 4.23. The Morgan fingerprint density at radius 2 is 1.88 bits per heavy atom. The summed E-state index contributed by atoms with van der Waals surface area (Å²) >= 11 is 0. The summed E-state index contributed by atoms with van der Waals surface area (Å²) in [5.74, 6) is 0.302. The van der Waals surface area contributed by atoms with Crippen LogP contribution in [0.25, 0.3) is 10.9 Å². The number of fused-ring (bicyclic) bond motifs is 1. The molecule has 1 aromatic carbocycles. The van der Waals surface area contributed by atoms with E-state index in [1.807, 2.05) is 30.5 Å². The number of aromatic nitrogens is 1. The molecule has 2 fully saturated rings. The first-order chi connectivity index (χ1) is 11.8. The molecular formula is C20H27Cl2N3O. The van der Waals surface area contributed by atoms with Crippen LogP contribution in [0.1, 0.15) is 31.2 Å². The molecule has 1 amide bonds. The lowest BCUT2D eigenvalue weighted by atomic mass is 9.78. The van der Waals surface area contributed by atoms with Crippen LogP contribution in [0.4, 0.5) is 0 Å². The van der Waals surface area contributed by atoms with Crippen LogP contribution in [0.2, 0.25) is 0 Å². The number of halogens is 2. The van der Waals surface area contributed by atoms with Crippen molar-refractivity contribution in [1.29, 1.82) is 0 Å². The van der Waals surface area contributed by atoms with E-state index in [0.717, 1.165) is 51.0 Å². The molecule has 2 saturated heterocycles. The van der Waals surface area contributed by atoms with Crippen molar-refractivity contribution >= 4 is 41.6 Å². The van der Waals surface area contributed by atoms with E-state index in [2.05, 4.69) is 21.3 Å². The summed E-state index contributed by atoms with van der Waals surface area (Å²) in [6.45, 7) is 4.14. The predicted octanol–water partition coefficient (Wildman–Crippen LogP) is 3.61. The average Bonchev–Trinajstić information content (AvgIpc) is 3.08. The number of amides is 1. The molecule has 4 nitrogen and oxygen atoms in total. The Kier molecular flexibility index (Phi) is 7.27. The van der Waals surface area contributed by atoms with Crippen LogP contribution < -0.4 is 5.32 Å². The van der Waals surface area contributed by atoms with Crippen molar-refractivity contribution in [3.05, 3.63) is 42.1 Å². The van der Waals surface area contributed by atoms with Crippen molar-refractivity contribution in [3.63, 3.8) is 0 Å². The van der Waals surface area contributed by atoms with Crippen molar-refractivity contribution in [2.45, 2.75) is 32.1 Å². The van der Waals surface area contributed by atoms with E-state index in [0.29, 0.717) is 17.7 Å². The number of aryl methyl sites for hydroxylation is 1. The normalized spacial score (nSPS) is 18.4. The standard InChI is InChI=1S/C20H25N3O.2ClH/c24-19(23-13-9-20(10-14-23)8-12-21-15-20)6-5-16-7-11-22-18-4-2-1-3-17(16)18;;/h1-4,7,11,21H,5-6,8-10,12-15H2;2*1H. The fourth-order valence-electron chi connectivity index (χ4n) is 4.23. The summed E-state index contributed by atoms with van der Waals surface area (Å²) in [5.41, 5.74) is 2.71. The Balaban J connectivity index is 0.00000121. The molecule has 0 bridgehead atoms. The maximum atomic E-state index is 12.6. The highest BCUT2D eigenvalue weighted by molar-refractivity contribution is 5.85. The maximum absolute atomic E-state index is 12.6. The van der Waals surface area contributed by atoms with Gasteiger partial charge in [0, 0.05) is 37.6 Å². The molecule has 0 atom stereocenters. The van der Waals surface area contributed by atoms with Gasteiger partial charge in [-0.3, -0.25) is 9.78 Å². The number of carbonyl (C=O) groups excluding carboxylic acids is 1. The molecule has 3 heterocycles. The predicted molar refractivity (Wildman–Crippen MR) is 110 cm³/mol. The first-order valence-corrected chi connectivity index (χ1v) is 9.07. The summed E-state index contributed by atoms with van der Waals surface area (Å²) < 4.78 is 0. The van der Waals surface area contributed by atoms with Gasteiger partial charge in [-0.25, -0.2) is 0 Å². The third-order valence-corrected chi connectivity index (χ3v) is 5.86. The lowest BCUT2D eigenvalue weighted by Gasteiger charge is -2.39. The molecule has 2 aromatic rings. The van der Waals surface area contributed by atoms with Gasteiger partial charge in [0.15, 0.2) is 0 Å². The molecule has 2 aliphatic rings. The molecule has 142 valence electrons. The first kappa shape index (κ1) is 20.9. The molecule has 0 saturated carbocycles. The number of rotatable bonds is 3. The Morgan fingerprint density at radius 3 is 2.62 bits per heavy atom. The second-order valence-electron chi connectivity index (χ2n) is 7.29. The van der Waals surface area contributed by atoms with Gasteiger partial charge in [-0.2, -0.15) is 0 Å². The maximum Gasteiger partial charge on any atom is 0.222 e. The lowest BCUT2D eigenvalue weighted by Crippen LogP contribution is -2.44. The highest BCUT2D eigenvalue weighted by atomic mass is 35.5. The molecule has 2 aliphatic heterocycles. The van der Waals surface area contributed by atoms with E-state index in [4.69, 9.17) is 0 Å². The van der Waals surface area contributed by atoms with Crippen LogP contribution in [0.3, 0.4) is 0 Å². The zero-order valence-electron chi connectivity index (χ0n) is 14.9. The molecule has 0 unspecified atom stereocenters. The quantitative estimate of drug-likeness (QED) is 0.862. The Morgan fingerprint density at radius 1 is 1.12 bits per heavy atom. The SMILES string of the molecule is Cl.Cl.O=C(CCc1ccnc2ccccc12)N1CCC2(CCNC2)CC1. The summed E-state index contributed by atoms with van der Waals surface area (Å²) in [7, 11) is 0. The highest BCUT2D eigenvalue weighted by Crippen LogP contribution is 2.37. The third kappa shape index (κ3) is 4.30.